The van der Waals surface area contributed by atoms with E-state index in [2.05, 4.69) is 0 Å². The summed E-state index contributed by atoms with van der Waals surface area (Å²) >= 11 is 0. The van der Waals surface area contributed by atoms with Crippen molar-refractivity contribution in [2.45, 2.75) is 46.5 Å². The van der Waals surface area contributed by atoms with Gasteiger partial charge in [0.25, 0.3) is 0 Å². The van der Waals surface area contributed by atoms with E-state index in [1.165, 1.54) is 12.8 Å². The van der Waals surface area contributed by atoms with Crippen molar-refractivity contribution in [3.05, 3.63) is 0 Å². The summed E-state index contributed by atoms with van der Waals surface area (Å²) in [6.45, 7) is 5.92. The van der Waals surface area contributed by atoms with Crippen LogP contribution in [0.5, 0.6) is 0 Å². The molecular weight excluding hydrogens is 127 g/mol. The largest absolute Gasteiger partial charge is 0.251 e. The van der Waals surface area contributed by atoms with Crippen molar-refractivity contribution in [3.8, 4) is 0 Å². The summed E-state index contributed by atoms with van der Waals surface area (Å²) in [6.07, 6.45) is 4.67. The molecule has 10 heavy (non-hydrogen) atoms. The quantitative estimate of drug-likeness (QED) is 0.530. The Bertz CT molecular complexity index is 72.8. The van der Waals surface area contributed by atoms with Gasteiger partial charge in [-0.15, -0.1) is 0 Å². The third kappa shape index (κ3) is 2.68. The lowest BCUT2D eigenvalue weighted by molar-refractivity contribution is 0.239. The molecule has 0 heterocycles. The van der Waals surface area contributed by atoms with Crippen molar-refractivity contribution >= 4 is 0 Å². The number of hydrogen-bond acceptors (Lipinski definition) is 0. The molecule has 0 aromatic heterocycles. The van der Waals surface area contributed by atoms with Gasteiger partial charge in [0, 0.05) is 0 Å². The Morgan fingerprint density at radius 2 is 1.60 bits per heavy atom. The van der Waals surface area contributed by atoms with Crippen LogP contribution in [0.1, 0.15) is 46.5 Å². The molecule has 0 aromatic rings. The molecule has 0 atom stereocenters. The first-order valence-corrected chi connectivity index (χ1v) is 4.33. The lowest BCUT2D eigenvalue weighted by atomic mass is 9.91. The second kappa shape index (κ2) is 4.70. The predicted molar refractivity (Wildman–Crippen MR) is 43.9 cm³/mol. The van der Waals surface area contributed by atoms with Crippen molar-refractivity contribution in [1.82, 2.24) is 0 Å². The lowest BCUT2D eigenvalue weighted by Gasteiger charge is -2.16. The van der Waals surface area contributed by atoms with Gasteiger partial charge in [0.05, 0.1) is 6.67 Å². The second-order valence-electron chi connectivity index (χ2n) is 3.15. The average molecular weight is 146 g/mol. The Balaban J connectivity index is 0.000000371. The second-order valence-corrected chi connectivity index (χ2v) is 3.15. The Morgan fingerprint density at radius 1 is 1.20 bits per heavy atom. The SMILES string of the molecule is CC.CC1(CF)CCCC1. The van der Waals surface area contributed by atoms with Crippen LogP contribution >= 0.6 is 0 Å². The smallest absolute Gasteiger partial charge is 0.0947 e. The minimum Gasteiger partial charge on any atom is -0.251 e. The minimum atomic E-state index is -0.118. The highest BCUT2D eigenvalue weighted by Gasteiger charge is 2.27. The lowest BCUT2D eigenvalue weighted by Crippen LogP contribution is -2.12. The normalized spacial score (nSPS) is 21.6. The van der Waals surface area contributed by atoms with Gasteiger partial charge in [-0.25, -0.2) is 0 Å². The van der Waals surface area contributed by atoms with Crippen LogP contribution < -0.4 is 0 Å². The number of hydrogen-bond donors (Lipinski definition) is 0. The number of rotatable bonds is 1. The van der Waals surface area contributed by atoms with E-state index < -0.39 is 0 Å². The number of halogens is 1. The van der Waals surface area contributed by atoms with Gasteiger partial charge in [-0.2, -0.15) is 0 Å². The van der Waals surface area contributed by atoms with Crippen LogP contribution in [0.4, 0.5) is 4.39 Å². The zero-order valence-electron chi connectivity index (χ0n) is 7.41. The molecule has 0 spiro atoms. The molecule has 0 saturated heterocycles. The Hall–Kier alpha value is -0.0700. The zero-order chi connectivity index (χ0) is 8.04. The van der Waals surface area contributed by atoms with Crippen molar-refractivity contribution in [2.75, 3.05) is 6.67 Å². The first-order chi connectivity index (χ1) is 4.77. The van der Waals surface area contributed by atoms with E-state index in [9.17, 15) is 4.39 Å². The highest BCUT2D eigenvalue weighted by molar-refractivity contribution is 4.78. The first kappa shape index (κ1) is 9.93. The molecule has 0 nitrogen and oxygen atoms in total. The van der Waals surface area contributed by atoms with Gasteiger partial charge in [0.15, 0.2) is 0 Å². The molecule has 1 rings (SSSR count). The Labute approximate surface area is 63.8 Å². The van der Waals surface area contributed by atoms with E-state index in [0.29, 0.717) is 0 Å². The van der Waals surface area contributed by atoms with Gasteiger partial charge in [-0.05, 0) is 18.3 Å². The maximum absolute atomic E-state index is 12.1. The van der Waals surface area contributed by atoms with Gasteiger partial charge >= 0.3 is 0 Å². The van der Waals surface area contributed by atoms with Crippen LogP contribution in [-0.4, -0.2) is 6.67 Å². The third-order valence-electron chi connectivity index (χ3n) is 2.13. The van der Waals surface area contributed by atoms with E-state index in [-0.39, 0.29) is 12.1 Å². The summed E-state index contributed by atoms with van der Waals surface area (Å²) in [7, 11) is 0. The highest BCUT2D eigenvalue weighted by Crippen LogP contribution is 2.37. The third-order valence-corrected chi connectivity index (χ3v) is 2.13. The molecule has 1 saturated carbocycles. The minimum absolute atomic E-state index is 0.0694. The molecule has 0 aromatic carbocycles. The molecule has 62 valence electrons. The molecule has 0 unspecified atom stereocenters. The molecule has 0 aliphatic heterocycles. The van der Waals surface area contributed by atoms with Crippen molar-refractivity contribution in [1.29, 1.82) is 0 Å². The Kier molecular flexibility index (Phi) is 4.67. The van der Waals surface area contributed by atoms with Gasteiger partial charge in [0.1, 0.15) is 0 Å². The summed E-state index contributed by atoms with van der Waals surface area (Å²) in [4.78, 5) is 0. The van der Waals surface area contributed by atoms with E-state index in [1.807, 2.05) is 20.8 Å². The van der Waals surface area contributed by atoms with Gasteiger partial charge < -0.3 is 0 Å². The predicted octanol–water partition coefficient (Wildman–Crippen LogP) is 3.56. The van der Waals surface area contributed by atoms with Crippen LogP contribution in [0, 0.1) is 5.41 Å². The van der Waals surface area contributed by atoms with Gasteiger partial charge in [0.2, 0.25) is 0 Å². The standard InChI is InChI=1S/C7H13F.C2H6/c1-7(6-8)4-2-3-5-7;1-2/h2-6H2,1H3;1-2H3. The molecule has 1 heteroatoms. The first-order valence-electron chi connectivity index (χ1n) is 4.33. The molecule has 1 fully saturated rings. The van der Waals surface area contributed by atoms with Gasteiger partial charge in [-0.3, -0.25) is 4.39 Å². The van der Waals surface area contributed by atoms with Gasteiger partial charge in [-0.1, -0.05) is 33.6 Å². The van der Waals surface area contributed by atoms with Crippen molar-refractivity contribution in [2.24, 2.45) is 5.41 Å². The summed E-state index contributed by atoms with van der Waals surface area (Å²) in [6, 6.07) is 0. The summed E-state index contributed by atoms with van der Waals surface area (Å²) in [5.74, 6) is 0. The molecule has 0 amide bonds. The van der Waals surface area contributed by atoms with Crippen molar-refractivity contribution in [3.63, 3.8) is 0 Å². The van der Waals surface area contributed by atoms with E-state index in [1.54, 1.807) is 0 Å². The summed E-state index contributed by atoms with van der Waals surface area (Å²) < 4.78 is 12.1. The fourth-order valence-electron chi connectivity index (χ4n) is 1.36. The van der Waals surface area contributed by atoms with Crippen LogP contribution in [-0.2, 0) is 0 Å². The van der Waals surface area contributed by atoms with Crippen LogP contribution in [0.3, 0.4) is 0 Å². The summed E-state index contributed by atoms with van der Waals surface area (Å²) in [5.41, 5.74) is 0.0694. The topological polar surface area (TPSA) is 0 Å². The van der Waals surface area contributed by atoms with E-state index >= 15 is 0 Å². The zero-order valence-corrected chi connectivity index (χ0v) is 7.41. The molecule has 1 aliphatic carbocycles. The van der Waals surface area contributed by atoms with Crippen LogP contribution in [0.25, 0.3) is 0 Å². The van der Waals surface area contributed by atoms with Crippen LogP contribution in [0.15, 0.2) is 0 Å². The van der Waals surface area contributed by atoms with Crippen molar-refractivity contribution < 1.29 is 4.39 Å². The highest BCUT2D eigenvalue weighted by atomic mass is 19.1. The molecule has 1 aliphatic rings. The average Bonchev–Trinajstić information content (AvgIpc) is 2.42. The summed E-state index contributed by atoms with van der Waals surface area (Å²) in [5, 5.41) is 0. The van der Waals surface area contributed by atoms with E-state index in [4.69, 9.17) is 0 Å². The number of alkyl halides is 1. The fraction of sp³-hybridized carbons (Fsp3) is 1.00. The maximum atomic E-state index is 12.1. The molecule has 0 radical (unpaired) electrons. The molecule has 0 bridgehead atoms. The maximum Gasteiger partial charge on any atom is 0.0947 e. The van der Waals surface area contributed by atoms with Crippen LogP contribution in [0.2, 0.25) is 0 Å². The molecule has 0 N–H and O–H groups in total. The fourth-order valence-corrected chi connectivity index (χ4v) is 1.36. The Morgan fingerprint density at radius 3 is 1.80 bits per heavy atom. The van der Waals surface area contributed by atoms with E-state index in [0.717, 1.165) is 12.8 Å². The monoisotopic (exact) mass is 146 g/mol. The molecular formula is C9H19F.